The average molecular weight is 428 g/mol. The Hall–Kier alpha value is -4.40. The molecule has 0 spiro atoms. The Morgan fingerprint density at radius 1 is 1.03 bits per heavy atom. The molecule has 160 valence electrons. The third-order valence-corrected chi connectivity index (χ3v) is 5.18. The predicted octanol–water partition coefficient (Wildman–Crippen LogP) is 3.79. The highest BCUT2D eigenvalue weighted by atomic mass is 16.5. The van der Waals surface area contributed by atoms with Crippen LogP contribution in [-0.4, -0.2) is 40.1 Å². The van der Waals surface area contributed by atoms with Crippen LogP contribution in [0.15, 0.2) is 55.0 Å². The summed E-state index contributed by atoms with van der Waals surface area (Å²) in [6.45, 7) is 0. The number of carbonyl (C=O) groups excluding carboxylic acids is 1. The largest absolute Gasteiger partial charge is 0.493 e. The maximum atomic E-state index is 12.5. The van der Waals surface area contributed by atoms with Gasteiger partial charge in [-0.2, -0.15) is 0 Å². The van der Waals surface area contributed by atoms with Crippen LogP contribution in [0.1, 0.15) is 5.56 Å². The van der Waals surface area contributed by atoms with E-state index in [4.69, 9.17) is 14.5 Å². The fourth-order valence-electron chi connectivity index (χ4n) is 3.66. The highest BCUT2D eigenvalue weighted by Crippen LogP contribution is 2.36. The molecule has 0 fully saturated rings. The van der Waals surface area contributed by atoms with Gasteiger partial charge in [0, 0.05) is 47.0 Å². The number of rotatable bonds is 5. The monoisotopic (exact) mass is 428 g/mol. The number of aromatic nitrogens is 4. The molecule has 0 aliphatic carbocycles. The predicted molar refractivity (Wildman–Crippen MR) is 120 cm³/mol. The van der Waals surface area contributed by atoms with Crippen molar-refractivity contribution in [3.05, 3.63) is 60.6 Å². The molecule has 3 heterocycles. The molecular formula is C23H20N6O3. The smallest absolute Gasteiger partial charge is 0.228 e. The van der Waals surface area contributed by atoms with Gasteiger partial charge in [0.1, 0.15) is 5.82 Å². The van der Waals surface area contributed by atoms with Gasteiger partial charge in [-0.25, -0.2) is 15.0 Å². The molecule has 5 rings (SSSR count). The van der Waals surface area contributed by atoms with Gasteiger partial charge in [-0.05, 0) is 24.3 Å². The van der Waals surface area contributed by atoms with E-state index >= 15 is 0 Å². The van der Waals surface area contributed by atoms with Gasteiger partial charge in [-0.15, -0.1) is 0 Å². The van der Waals surface area contributed by atoms with Crippen LogP contribution in [0.25, 0.3) is 22.6 Å². The molecule has 0 saturated heterocycles. The number of hydrogen-bond donors (Lipinski definition) is 3. The number of amides is 1. The Labute approximate surface area is 183 Å². The second-order valence-corrected chi connectivity index (χ2v) is 7.19. The van der Waals surface area contributed by atoms with E-state index in [0.717, 1.165) is 28.2 Å². The Morgan fingerprint density at radius 3 is 2.69 bits per heavy atom. The van der Waals surface area contributed by atoms with E-state index in [1.165, 1.54) is 0 Å². The quantitative estimate of drug-likeness (QED) is 0.443. The minimum absolute atomic E-state index is 0.120. The van der Waals surface area contributed by atoms with Gasteiger partial charge in [0.2, 0.25) is 11.9 Å². The van der Waals surface area contributed by atoms with Crippen molar-refractivity contribution in [1.29, 1.82) is 0 Å². The zero-order valence-electron chi connectivity index (χ0n) is 17.5. The summed E-state index contributed by atoms with van der Waals surface area (Å²) < 4.78 is 10.6. The fourth-order valence-corrected chi connectivity index (χ4v) is 3.66. The number of benzene rings is 2. The number of methoxy groups -OCH3 is 2. The van der Waals surface area contributed by atoms with E-state index in [0.29, 0.717) is 28.8 Å². The maximum Gasteiger partial charge on any atom is 0.228 e. The summed E-state index contributed by atoms with van der Waals surface area (Å²) in [5.41, 5.74) is 4.57. The first-order valence-electron chi connectivity index (χ1n) is 9.93. The Kier molecular flexibility index (Phi) is 4.91. The van der Waals surface area contributed by atoms with Crippen LogP contribution in [-0.2, 0) is 11.2 Å². The second-order valence-electron chi connectivity index (χ2n) is 7.19. The first-order chi connectivity index (χ1) is 15.6. The normalized spacial score (nSPS) is 12.2. The van der Waals surface area contributed by atoms with E-state index < -0.39 is 0 Å². The van der Waals surface area contributed by atoms with Gasteiger partial charge in [0.05, 0.1) is 32.0 Å². The van der Waals surface area contributed by atoms with Crippen molar-refractivity contribution in [2.75, 3.05) is 24.9 Å². The number of carbonyl (C=O) groups is 1. The van der Waals surface area contributed by atoms with Crippen LogP contribution in [0.4, 0.5) is 17.3 Å². The molecule has 32 heavy (non-hydrogen) atoms. The molecule has 0 radical (unpaired) electrons. The maximum absolute atomic E-state index is 12.5. The highest BCUT2D eigenvalue weighted by molar-refractivity contribution is 6.00. The number of imidazole rings is 1. The van der Waals surface area contributed by atoms with Gasteiger partial charge in [-0.3, -0.25) is 4.79 Å². The van der Waals surface area contributed by atoms with Crippen LogP contribution in [0.2, 0.25) is 0 Å². The summed E-state index contributed by atoms with van der Waals surface area (Å²) in [7, 11) is 3.17. The molecule has 0 bridgehead atoms. The van der Waals surface area contributed by atoms with Crippen molar-refractivity contribution < 1.29 is 14.3 Å². The SMILES string of the molecule is COc1ccc(Nc2ncc3c(n2)-c2ccc(-c4ncc[nH]4)cc2NC(=O)C3)cc1OC. The summed E-state index contributed by atoms with van der Waals surface area (Å²) in [6, 6.07) is 11.2. The van der Waals surface area contributed by atoms with E-state index in [1.807, 2.05) is 30.3 Å². The summed E-state index contributed by atoms with van der Waals surface area (Å²) in [5, 5.41) is 6.17. The zero-order chi connectivity index (χ0) is 22.1. The van der Waals surface area contributed by atoms with Crippen LogP contribution < -0.4 is 20.1 Å². The van der Waals surface area contributed by atoms with E-state index in [-0.39, 0.29) is 12.3 Å². The molecule has 0 saturated carbocycles. The average Bonchev–Trinajstić information content (AvgIpc) is 3.30. The summed E-state index contributed by atoms with van der Waals surface area (Å²) in [6.07, 6.45) is 5.32. The fraction of sp³-hybridized carbons (Fsp3) is 0.130. The molecule has 1 aliphatic heterocycles. The topological polar surface area (TPSA) is 114 Å². The molecule has 2 aromatic carbocycles. The standard InChI is InChI=1S/C23H20N6O3/c1-31-18-6-4-15(11-19(18)32-2)27-23-26-12-14-10-20(30)28-17-9-13(22-24-7-8-25-22)3-5-16(17)21(14)29-23/h3-9,11-12H,10H2,1-2H3,(H,24,25)(H,28,30)(H,26,27,29). The van der Waals surface area contributed by atoms with Crippen molar-refractivity contribution in [3.8, 4) is 34.1 Å². The first kappa shape index (κ1) is 19.6. The van der Waals surface area contributed by atoms with Crippen LogP contribution in [0.5, 0.6) is 11.5 Å². The first-order valence-corrected chi connectivity index (χ1v) is 9.93. The zero-order valence-corrected chi connectivity index (χ0v) is 17.5. The lowest BCUT2D eigenvalue weighted by atomic mass is 10.0. The lowest BCUT2D eigenvalue weighted by Crippen LogP contribution is -2.12. The number of aromatic amines is 1. The van der Waals surface area contributed by atoms with Crippen molar-refractivity contribution in [1.82, 2.24) is 19.9 Å². The minimum atomic E-state index is -0.120. The highest BCUT2D eigenvalue weighted by Gasteiger charge is 2.22. The van der Waals surface area contributed by atoms with Crippen molar-refractivity contribution in [2.24, 2.45) is 0 Å². The number of fused-ring (bicyclic) bond motifs is 3. The van der Waals surface area contributed by atoms with Crippen molar-refractivity contribution in [2.45, 2.75) is 6.42 Å². The van der Waals surface area contributed by atoms with Gasteiger partial charge in [-0.1, -0.05) is 6.07 Å². The molecule has 0 atom stereocenters. The van der Waals surface area contributed by atoms with Crippen LogP contribution >= 0.6 is 0 Å². The Morgan fingerprint density at radius 2 is 1.91 bits per heavy atom. The summed E-state index contributed by atoms with van der Waals surface area (Å²) in [4.78, 5) is 29.0. The Bertz CT molecular complexity index is 1300. The molecule has 3 N–H and O–H groups in total. The lowest BCUT2D eigenvalue weighted by Gasteiger charge is -2.13. The Balaban J connectivity index is 1.53. The van der Waals surface area contributed by atoms with Crippen molar-refractivity contribution in [3.63, 3.8) is 0 Å². The van der Waals surface area contributed by atoms with Crippen molar-refractivity contribution >= 4 is 23.2 Å². The number of nitrogens with one attached hydrogen (secondary N) is 3. The van der Waals surface area contributed by atoms with Gasteiger partial charge in [0.25, 0.3) is 0 Å². The van der Waals surface area contributed by atoms with E-state index in [1.54, 1.807) is 38.9 Å². The molecule has 1 amide bonds. The molecule has 1 aliphatic rings. The van der Waals surface area contributed by atoms with Gasteiger partial charge < -0.3 is 25.1 Å². The number of nitrogens with zero attached hydrogens (tertiary/aromatic N) is 3. The molecule has 2 aromatic heterocycles. The molecule has 4 aromatic rings. The third-order valence-electron chi connectivity index (χ3n) is 5.18. The second kappa shape index (κ2) is 8.03. The van der Waals surface area contributed by atoms with Crippen LogP contribution in [0.3, 0.4) is 0 Å². The van der Waals surface area contributed by atoms with Gasteiger partial charge in [0.15, 0.2) is 11.5 Å². The molecule has 0 unspecified atom stereocenters. The number of H-pyrrole nitrogens is 1. The summed E-state index contributed by atoms with van der Waals surface area (Å²) in [5.74, 6) is 2.24. The lowest BCUT2D eigenvalue weighted by molar-refractivity contribution is -0.115. The number of hydrogen-bond acceptors (Lipinski definition) is 7. The van der Waals surface area contributed by atoms with E-state index in [2.05, 4.69) is 25.6 Å². The minimum Gasteiger partial charge on any atom is -0.493 e. The van der Waals surface area contributed by atoms with E-state index in [9.17, 15) is 4.79 Å². The number of ether oxygens (including phenoxy) is 2. The summed E-state index contributed by atoms with van der Waals surface area (Å²) >= 11 is 0. The molecular weight excluding hydrogens is 408 g/mol. The van der Waals surface area contributed by atoms with Crippen LogP contribution in [0, 0.1) is 0 Å². The third kappa shape index (κ3) is 3.60. The molecule has 9 nitrogen and oxygen atoms in total. The molecule has 9 heteroatoms. The number of anilines is 3. The van der Waals surface area contributed by atoms with Gasteiger partial charge >= 0.3 is 0 Å².